The number of rotatable bonds is 7. The number of hydrogen-bond acceptors (Lipinski definition) is 5. The smallest absolute Gasteiger partial charge is 0.221 e. The van der Waals surface area contributed by atoms with Gasteiger partial charge in [-0.3, -0.25) is 4.79 Å². The summed E-state index contributed by atoms with van der Waals surface area (Å²) in [5.41, 5.74) is 0.913. The summed E-state index contributed by atoms with van der Waals surface area (Å²) in [6.45, 7) is 5.80. The zero-order chi connectivity index (χ0) is 17.6. The number of methoxy groups -OCH3 is 2. The van der Waals surface area contributed by atoms with Gasteiger partial charge >= 0.3 is 0 Å². The minimum Gasteiger partial charge on any atom is -0.493 e. The van der Waals surface area contributed by atoms with Crippen molar-refractivity contribution in [3.63, 3.8) is 0 Å². The van der Waals surface area contributed by atoms with Crippen LogP contribution in [0.1, 0.15) is 25.8 Å². The summed E-state index contributed by atoms with van der Waals surface area (Å²) in [5.74, 6) is 3.65. The fraction of sp³-hybridized carbons (Fsp3) is 0.611. The molecule has 1 aromatic carbocycles. The van der Waals surface area contributed by atoms with Gasteiger partial charge in [-0.2, -0.15) is 11.8 Å². The quantitative estimate of drug-likeness (QED) is 0.788. The Labute approximate surface area is 148 Å². The van der Waals surface area contributed by atoms with E-state index in [2.05, 4.69) is 24.5 Å². The molecule has 6 heteroatoms. The van der Waals surface area contributed by atoms with Gasteiger partial charge in [0.05, 0.1) is 14.2 Å². The maximum absolute atomic E-state index is 12.2. The van der Waals surface area contributed by atoms with Crippen LogP contribution < -0.4 is 20.1 Å². The molecular weight excluding hydrogens is 324 g/mol. The first-order valence-electron chi connectivity index (χ1n) is 8.26. The van der Waals surface area contributed by atoms with Crippen molar-refractivity contribution in [1.29, 1.82) is 0 Å². The highest BCUT2D eigenvalue weighted by atomic mass is 32.2. The largest absolute Gasteiger partial charge is 0.493 e. The van der Waals surface area contributed by atoms with E-state index in [0.29, 0.717) is 24.5 Å². The third kappa shape index (κ3) is 5.05. The number of hydrogen-bond donors (Lipinski definition) is 2. The maximum Gasteiger partial charge on any atom is 0.221 e. The van der Waals surface area contributed by atoms with Gasteiger partial charge in [-0.1, -0.05) is 19.9 Å². The molecule has 1 aliphatic heterocycles. The highest BCUT2D eigenvalue weighted by Crippen LogP contribution is 2.32. The fourth-order valence-corrected chi connectivity index (χ4v) is 3.67. The van der Waals surface area contributed by atoms with Crippen LogP contribution in [0.2, 0.25) is 0 Å². The molecule has 1 amide bonds. The Balaban J connectivity index is 1.93. The van der Waals surface area contributed by atoms with Crippen LogP contribution in [0.4, 0.5) is 0 Å². The minimum absolute atomic E-state index is 0.101. The van der Waals surface area contributed by atoms with Crippen molar-refractivity contribution in [1.82, 2.24) is 10.6 Å². The number of amides is 1. The van der Waals surface area contributed by atoms with Gasteiger partial charge in [0.2, 0.25) is 5.91 Å². The van der Waals surface area contributed by atoms with E-state index in [9.17, 15) is 4.79 Å². The summed E-state index contributed by atoms with van der Waals surface area (Å²) >= 11 is 1.90. The normalized spacial score (nSPS) is 18.1. The summed E-state index contributed by atoms with van der Waals surface area (Å²) in [4.78, 5) is 12.2. The minimum atomic E-state index is -0.191. The number of benzene rings is 1. The van der Waals surface area contributed by atoms with Gasteiger partial charge in [-0.25, -0.2) is 0 Å². The van der Waals surface area contributed by atoms with Crippen LogP contribution in [-0.4, -0.2) is 50.8 Å². The van der Waals surface area contributed by atoms with Gasteiger partial charge in [0.25, 0.3) is 0 Å². The van der Waals surface area contributed by atoms with Gasteiger partial charge in [0.15, 0.2) is 11.5 Å². The van der Waals surface area contributed by atoms with E-state index in [4.69, 9.17) is 9.47 Å². The summed E-state index contributed by atoms with van der Waals surface area (Å²) in [6.07, 6.45) is 0.537. The summed E-state index contributed by atoms with van der Waals surface area (Å²) < 4.78 is 10.7. The van der Waals surface area contributed by atoms with Crippen LogP contribution in [0, 0.1) is 0 Å². The molecule has 1 unspecified atom stereocenters. The molecule has 0 bridgehead atoms. The van der Waals surface area contributed by atoms with Crippen LogP contribution in [-0.2, 0) is 10.2 Å². The lowest BCUT2D eigenvalue weighted by molar-refractivity contribution is -0.121. The second-order valence-electron chi connectivity index (χ2n) is 6.66. The Morgan fingerprint density at radius 2 is 2.08 bits per heavy atom. The Morgan fingerprint density at radius 3 is 2.71 bits per heavy atom. The number of nitrogens with one attached hydrogen (secondary N) is 2. The van der Waals surface area contributed by atoms with Crippen molar-refractivity contribution in [2.24, 2.45) is 0 Å². The van der Waals surface area contributed by atoms with E-state index in [-0.39, 0.29) is 17.4 Å². The molecule has 1 aromatic rings. The first-order valence-corrected chi connectivity index (χ1v) is 9.42. The molecule has 24 heavy (non-hydrogen) atoms. The second kappa shape index (κ2) is 8.62. The van der Waals surface area contributed by atoms with E-state index in [0.717, 1.165) is 23.6 Å². The molecule has 2 N–H and O–H groups in total. The topological polar surface area (TPSA) is 59.6 Å². The molecule has 0 saturated carbocycles. The fourth-order valence-electron chi connectivity index (χ4n) is 2.73. The Morgan fingerprint density at radius 1 is 1.33 bits per heavy atom. The molecule has 0 radical (unpaired) electrons. The van der Waals surface area contributed by atoms with Crippen LogP contribution in [0.25, 0.3) is 0 Å². The molecule has 1 saturated heterocycles. The van der Waals surface area contributed by atoms with Crippen molar-refractivity contribution in [2.75, 3.05) is 38.8 Å². The van der Waals surface area contributed by atoms with Crippen molar-refractivity contribution < 1.29 is 14.3 Å². The highest BCUT2D eigenvalue weighted by Gasteiger charge is 2.24. The Hall–Kier alpha value is -1.40. The SMILES string of the molecule is COc1ccc(C(C)(C)CNC(=O)CC2CSCCN2)cc1OC. The average molecular weight is 353 g/mol. The summed E-state index contributed by atoms with van der Waals surface area (Å²) in [6, 6.07) is 6.19. The number of carbonyl (C=O) groups excluding carboxylic acids is 1. The molecule has 0 spiro atoms. The monoisotopic (exact) mass is 352 g/mol. The Bertz CT molecular complexity index is 557. The predicted octanol–water partition coefficient (Wildman–Crippen LogP) is 2.19. The van der Waals surface area contributed by atoms with Crippen molar-refractivity contribution >= 4 is 17.7 Å². The van der Waals surface area contributed by atoms with E-state index >= 15 is 0 Å². The molecule has 1 heterocycles. The molecule has 1 fully saturated rings. The van der Waals surface area contributed by atoms with E-state index in [1.807, 2.05) is 30.0 Å². The zero-order valence-electron chi connectivity index (χ0n) is 15.0. The number of thioether (sulfide) groups is 1. The maximum atomic E-state index is 12.2. The lowest BCUT2D eigenvalue weighted by Gasteiger charge is -2.27. The van der Waals surface area contributed by atoms with E-state index in [1.165, 1.54) is 0 Å². The third-order valence-corrected chi connectivity index (χ3v) is 5.45. The molecule has 5 nitrogen and oxygen atoms in total. The van der Waals surface area contributed by atoms with Crippen molar-refractivity contribution in [2.45, 2.75) is 31.7 Å². The first-order chi connectivity index (χ1) is 11.5. The van der Waals surface area contributed by atoms with Crippen molar-refractivity contribution in [3.8, 4) is 11.5 Å². The van der Waals surface area contributed by atoms with Crippen LogP contribution in [0.5, 0.6) is 11.5 Å². The van der Waals surface area contributed by atoms with E-state index < -0.39 is 0 Å². The lowest BCUT2D eigenvalue weighted by Crippen LogP contribution is -2.43. The average Bonchev–Trinajstić information content (AvgIpc) is 2.60. The zero-order valence-corrected chi connectivity index (χ0v) is 15.8. The molecule has 0 aliphatic carbocycles. The third-order valence-electron chi connectivity index (χ3n) is 4.32. The van der Waals surface area contributed by atoms with Gasteiger partial charge < -0.3 is 20.1 Å². The van der Waals surface area contributed by atoms with Crippen LogP contribution in [0.15, 0.2) is 18.2 Å². The first kappa shape index (κ1) is 18.9. The predicted molar refractivity (Wildman–Crippen MR) is 99.3 cm³/mol. The molecule has 2 rings (SSSR count). The number of ether oxygens (including phenoxy) is 2. The van der Waals surface area contributed by atoms with E-state index in [1.54, 1.807) is 14.2 Å². The van der Waals surface area contributed by atoms with Crippen LogP contribution in [0.3, 0.4) is 0 Å². The van der Waals surface area contributed by atoms with Gasteiger partial charge in [0, 0.05) is 42.5 Å². The summed E-state index contributed by atoms with van der Waals surface area (Å²) in [7, 11) is 3.26. The second-order valence-corrected chi connectivity index (χ2v) is 7.81. The molecule has 0 aromatic heterocycles. The number of carbonyl (C=O) groups is 1. The van der Waals surface area contributed by atoms with Gasteiger partial charge in [-0.05, 0) is 17.7 Å². The molecule has 1 atom stereocenters. The summed E-state index contributed by atoms with van der Waals surface area (Å²) in [5, 5.41) is 6.47. The van der Waals surface area contributed by atoms with Crippen LogP contribution >= 0.6 is 11.8 Å². The standard InChI is InChI=1S/C18H28N2O3S/c1-18(2,13-5-6-15(22-3)16(9-13)23-4)12-20-17(21)10-14-11-24-8-7-19-14/h5-6,9,14,19H,7-8,10-12H2,1-4H3,(H,20,21). The highest BCUT2D eigenvalue weighted by molar-refractivity contribution is 7.99. The van der Waals surface area contributed by atoms with Gasteiger partial charge in [-0.15, -0.1) is 0 Å². The lowest BCUT2D eigenvalue weighted by atomic mass is 9.84. The van der Waals surface area contributed by atoms with Crippen molar-refractivity contribution in [3.05, 3.63) is 23.8 Å². The molecule has 1 aliphatic rings. The molecular formula is C18H28N2O3S. The molecule has 134 valence electrons. The Kier molecular flexibility index (Phi) is 6.80. The van der Waals surface area contributed by atoms with Gasteiger partial charge in [0.1, 0.15) is 0 Å².